The fourth-order valence-corrected chi connectivity index (χ4v) is 2.35. The van der Waals surface area contributed by atoms with Crippen LogP contribution < -0.4 is 0 Å². The number of halogens is 1. The number of amides is 2. The number of hydrogen-bond donors (Lipinski definition) is 0. The van der Waals surface area contributed by atoms with E-state index in [9.17, 15) is 14.0 Å². The van der Waals surface area contributed by atoms with Crippen LogP contribution in [-0.2, 0) is 4.79 Å². The first-order chi connectivity index (χ1) is 8.85. The van der Waals surface area contributed by atoms with E-state index in [1.54, 1.807) is 31.9 Å². The summed E-state index contributed by atoms with van der Waals surface area (Å²) in [6.07, 6.45) is 0. The molecule has 0 unspecified atom stereocenters. The first kappa shape index (κ1) is 13.5. The molecule has 0 bridgehead atoms. The van der Waals surface area contributed by atoms with Gasteiger partial charge in [0.25, 0.3) is 5.91 Å². The summed E-state index contributed by atoms with van der Waals surface area (Å²) in [5.41, 5.74) is -0.945. The molecule has 0 aromatic heterocycles. The second kappa shape index (κ2) is 4.64. The molecule has 0 radical (unpaired) electrons. The van der Waals surface area contributed by atoms with E-state index in [0.29, 0.717) is 13.1 Å². The Morgan fingerprint density at radius 1 is 1.26 bits per heavy atom. The van der Waals surface area contributed by atoms with Gasteiger partial charge in [0.15, 0.2) is 0 Å². The molecule has 5 heteroatoms. The Morgan fingerprint density at radius 2 is 1.89 bits per heavy atom. The van der Waals surface area contributed by atoms with Crippen molar-refractivity contribution in [3.8, 4) is 0 Å². The average Bonchev–Trinajstić information content (AvgIpc) is 2.36. The molecule has 4 nitrogen and oxygen atoms in total. The van der Waals surface area contributed by atoms with Gasteiger partial charge in [-0.05, 0) is 26.0 Å². The number of piperazine rings is 1. The highest BCUT2D eigenvalue weighted by Gasteiger charge is 2.43. The van der Waals surface area contributed by atoms with Crippen molar-refractivity contribution in [2.45, 2.75) is 19.4 Å². The van der Waals surface area contributed by atoms with Crippen LogP contribution in [-0.4, -0.2) is 47.3 Å². The molecule has 1 saturated heterocycles. The Morgan fingerprint density at radius 3 is 2.53 bits per heavy atom. The van der Waals surface area contributed by atoms with Crippen molar-refractivity contribution < 1.29 is 14.0 Å². The lowest BCUT2D eigenvalue weighted by Crippen LogP contribution is -2.63. The highest BCUT2D eigenvalue weighted by atomic mass is 19.1. The molecule has 0 spiro atoms. The van der Waals surface area contributed by atoms with Gasteiger partial charge in [-0.15, -0.1) is 0 Å². The minimum atomic E-state index is -0.952. The summed E-state index contributed by atoms with van der Waals surface area (Å²) in [7, 11) is 1.70. The number of rotatable bonds is 1. The molecule has 0 N–H and O–H groups in total. The molecule has 1 aliphatic rings. The summed E-state index contributed by atoms with van der Waals surface area (Å²) >= 11 is 0. The van der Waals surface area contributed by atoms with Crippen molar-refractivity contribution in [1.82, 2.24) is 9.80 Å². The van der Waals surface area contributed by atoms with Crippen molar-refractivity contribution >= 4 is 11.8 Å². The molecule has 2 rings (SSSR count). The minimum Gasteiger partial charge on any atom is -0.342 e. The molecule has 0 atom stereocenters. The van der Waals surface area contributed by atoms with Gasteiger partial charge in [-0.25, -0.2) is 4.39 Å². The Balaban J connectivity index is 2.34. The van der Waals surface area contributed by atoms with Crippen LogP contribution in [0.15, 0.2) is 24.3 Å². The van der Waals surface area contributed by atoms with Crippen LogP contribution in [0.2, 0.25) is 0 Å². The first-order valence-electron chi connectivity index (χ1n) is 6.18. The van der Waals surface area contributed by atoms with Crippen molar-refractivity contribution in [2.75, 3.05) is 20.1 Å². The smallest absolute Gasteiger partial charge is 0.257 e. The van der Waals surface area contributed by atoms with Crippen LogP contribution in [0.25, 0.3) is 0 Å². The number of carbonyl (C=O) groups is 2. The summed E-state index contributed by atoms with van der Waals surface area (Å²) in [4.78, 5) is 27.5. The molecule has 0 saturated carbocycles. The third kappa shape index (κ3) is 2.20. The van der Waals surface area contributed by atoms with Gasteiger partial charge in [-0.2, -0.15) is 0 Å². The van der Waals surface area contributed by atoms with Gasteiger partial charge < -0.3 is 9.80 Å². The largest absolute Gasteiger partial charge is 0.342 e. The van der Waals surface area contributed by atoms with Crippen LogP contribution in [0.1, 0.15) is 24.2 Å². The van der Waals surface area contributed by atoms with Crippen molar-refractivity contribution in [3.63, 3.8) is 0 Å². The third-order valence-electron chi connectivity index (χ3n) is 3.55. The number of hydrogen-bond acceptors (Lipinski definition) is 2. The minimum absolute atomic E-state index is 0.00734. The number of carbonyl (C=O) groups excluding carboxylic acids is 2. The van der Waals surface area contributed by atoms with E-state index in [1.165, 1.54) is 23.1 Å². The van der Waals surface area contributed by atoms with Crippen LogP contribution in [0.3, 0.4) is 0 Å². The summed E-state index contributed by atoms with van der Waals surface area (Å²) in [6, 6.07) is 5.84. The lowest BCUT2D eigenvalue weighted by Gasteiger charge is -2.44. The molecule has 1 aliphatic heterocycles. The molecule has 1 fully saturated rings. The SMILES string of the molecule is CN1CCN(C(=O)c2ccccc2F)C(C)(C)C1=O. The summed E-state index contributed by atoms with van der Waals surface area (Å²) in [6.45, 7) is 4.23. The highest BCUT2D eigenvalue weighted by Crippen LogP contribution is 2.24. The molecule has 1 heterocycles. The maximum atomic E-state index is 13.7. The van der Waals surface area contributed by atoms with Gasteiger partial charge in [-0.1, -0.05) is 12.1 Å². The Hall–Kier alpha value is -1.91. The zero-order valence-corrected chi connectivity index (χ0v) is 11.3. The molecule has 19 heavy (non-hydrogen) atoms. The lowest BCUT2D eigenvalue weighted by molar-refractivity contribution is -0.144. The fourth-order valence-electron chi connectivity index (χ4n) is 2.35. The predicted octanol–water partition coefficient (Wildman–Crippen LogP) is 1.52. The van der Waals surface area contributed by atoms with E-state index < -0.39 is 17.3 Å². The van der Waals surface area contributed by atoms with E-state index in [2.05, 4.69) is 0 Å². The molecule has 0 aliphatic carbocycles. The van der Waals surface area contributed by atoms with Gasteiger partial charge in [0.05, 0.1) is 5.56 Å². The standard InChI is InChI=1S/C14H17FN2O2/c1-14(2)13(19)16(3)8-9-17(14)12(18)10-6-4-5-7-11(10)15/h4-7H,8-9H2,1-3H3. The molecular weight excluding hydrogens is 247 g/mol. The van der Waals surface area contributed by atoms with Crippen LogP contribution in [0.4, 0.5) is 4.39 Å². The van der Waals surface area contributed by atoms with E-state index >= 15 is 0 Å². The predicted molar refractivity (Wildman–Crippen MR) is 69.2 cm³/mol. The zero-order valence-electron chi connectivity index (χ0n) is 11.3. The second-order valence-electron chi connectivity index (χ2n) is 5.22. The normalized spacial score (nSPS) is 18.6. The Kier molecular flexibility index (Phi) is 3.30. The zero-order chi connectivity index (χ0) is 14.2. The van der Waals surface area contributed by atoms with Gasteiger partial charge in [0.2, 0.25) is 5.91 Å². The van der Waals surface area contributed by atoms with Crippen molar-refractivity contribution in [1.29, 1.82) is 0 Å². The van der Waals surface area contributed by atoms with E-state index in [4.69, 9.17) is 0 Å². The van der Waals surface area contributed by atoms with Crippen LogP contribution in [0.5, 0.6) is 0 Å². The van der Waals surface area contributed by atoms with Gasteiger partial charge in [-0.3, -0.25) is 9.59 Å². The fraction of sp³-hybridized carbons (Fsp3) is 0.429. The van der Waals surface area contributed by atoms with E-state index in [0.717, 1.165) is 0 Å². The number of benzene rings is 1. The maximum Gasteiger partial charge on any atom is 0.257 e. The Labute approximate surface area is 111 Å². The van der Waals surface area contributed by atoms with Crippen LogP contribution in [0, 0.1) is 5.82 Å². The summed E-state index contributed by atoms with van der Waals surface area (Å²) in [5.74, 6) is -1.14. The molecule has 1 aromatic rings. The van der Waals surface area contributed by atoms with Gasteiger partial charge in [0, 0.05) is 20.1 Å². The van der Waals surface area contributed by atoms with Crippen molar-refractivity contribution in [2.24, 2.45) is 0 Å². The summed E-state index contributed by atoms with van der Waals surface area (Å²) in [5, 5.41) is 0. The van der Waals surface area contributed by atoms with Gasteiger partial charge >= 0.3 is 0 Å². The van der Waals surface area contributed by atoms with Crippen molar-refractivity contribution in [3.05, 3.63) is 35.6 Å². The van der Waals surface area contributed by atoms with Gasteiger partial charge in [0.1, 0.15) is 11.4 Å². The lowest BCUT2D eigenvalue weighted by atomic mass is 9.96. The highest BCUT2D eigenvalue weighted by molar-refractivity contribution is 5.99. The third-order valence-corrected chi connectivity index (χ3v) is 3.55. The summed E-state index contributed by atoms with van der Waals surface area (Å²) < 4.78 is 13.7. The monoisotopic (exact) mass is 264 g/mol. The quantitative estimate of drug-likeness (QED) is 0.771. The molecular formula is C14H17FN2O2. The van der Waals surface area contributed by atoms with E-state index in [1.807, 2.05) is 0 Å². The Bertz CT molecular complexity index is 528. The molecule has 102 valence electrons. The molecule has 2 amide bonds. The second-order valence-corrected chi connectivity index (χ2v) is 5.22. The average molecular weight is 264 g/mol. The first-order valence-corrected chi connectivity index (χ1v) is 6.18. The van der Waals surface area contributed by atoms with Crippen LogP contribution >= 0.6 is 0 Å². The maximum absolute atomic E-state index is 13.7. The van der Waals surface area contributed by atoms with E-state index in [-0.39, 0.29) is 11.5 Å². The molecule has 1 aromatic carbocycles. The number of likely N-dealkylation sites (N-methyl/N-ethyl adjacent to an activating group) is 1. The topological polar surface area (TPSA) is 40.6 Å². The number of nitrogens with zero attached hydrogens (tertiary/aromatic N) is 2.